The average Bonchev–Trinajstić information content (AvgIpc) is 2.46. The molecule has 1 atom stereocenters. The van der Waals surface area contributed by atoms with Crippen LogP contribution >= 0.6 is 0 Å². The van der Waals surface area contributed by atoms with Gasteiger partial charge in [0.2, 0.25) is 0 Å². The smallest absolute Gasteiger partial charge is 0.150 e. The van der Waals surface area contributed by atoms with E-state index in [-0.39, 0.29) is 0 Å². The minimum Gasteiger partial charge on any atom is -0.358 e. The van der Waals surface area contributed by atoms with Gasteiger partial charge < -0.3 is 10.2 Å². The number of anilines is 1. The predicted molar refractivity (Wildman–Crippen MR) is 74.9 cm³/mol. The molecule has 2 heterocycles. The lowest BCUT2D eigenvalue weighted by Gasteiger charge is -2.25. The van der Waals surface area contributed by atoms with Gasteiger partial charge in [-0.3, -0.25) is 0 Å². The van der Waals surface area contributed by atoms with Crippen LogP contribution in [0, 0.1) is 5.92 Å². The molecule has 18 heavy (non-hydrogen) atoms. The van der Waals surface area contributed by atoms with Crippen molar-refractivity contribution in [3.63, 3.8) is 0 Å². The molecule has 0 amide bonds. The Morgan fingerprint density at radius 2 is 2.28 bits per heavy atom. The normalized spacial score (nSPS) is 19.8. The molecule has 100 valence electrons. The van der Waals surface area contributed by atoms with Crippen molar-refractivity contribution in [1.82, 2.24) is 15.5 Å². The van der Waals surface area contributed by atoms with Crippen LogP contribution in [0.15, 0.2) is 12.1 Å². The van der Waals surface area contributed by atoms with Gasteiger partial charge in [-0.25, -0.2) is 0 Å². The average molecular weight is 248 g/mol. The summed E-state index contributed by atoms with van der Waals surface area (Å²) in [6, 6.07) is 4.14. The highest BCUT2D eigenvalue weighted by atomic mass is 15.2. The van der Waals surface area contributed by atoms with Gasteiger partial charge in [-0.15, -0.1) is 5.10 Å². The highest BCUT2D eigenvalue weighted by Gasteiger charge is 2.14. The molecule has 1 saturated heterocycles. The van der Waals surface area contributed by atoms with Crippen molar-refractivity contribution in [2.45, 2.75) is 32.6 Å². The Morgan fingerprint density at radius 1 is 1.39 bits per heavy atom. The van der Waals surface area contributed by atoms with Crippen molar-refractivity contribution in [2.24, 2.45) is 5.92 Å². The molecule has 0 saturated carbocycles. The lowest BCUT2D eigenvalue weighted by molar-refractivity contribution is 0.360. The van der Waals surface area contributed by atoms with E-state index in [4.69, 9.17) is 0 Å². The van der Waals surface area contributed by atoms with E-state index in [1.165, 1.54) is 32.4 Å². The van der Waals surface area contributed by atoms with Gasteiger partial charge in [0.25, 0.3) is 0 Å². The minimum atomic E-state index is 0.823. The van der Waals surface area contributed by atoms with Gasteiger partial charge in [0.05, 0.1) is 5.69 Å². The first-order chi connectivity index (χ1) is 8.79. The molecule has 0 aliphatic carbocycles. The van der Waals surface area contributed by atoms with Crippen molar-refractivity contribution >= 4 is 5.82 Å². The Labute approximate surface area is 110 Å². The molecule has 1 aliphatic heterocycles. The van der Waals surface area contributed by atoms with E-state index in [0.717, 1.165) is 30.4 Å². The van der Waals surface area contributed by atoms with E-state index >= 15 is 0 Å². The van der Waals surface area contributed by atoms with Crippen LogP contribution in [-0.4, -0.2) is 36.9 Å². The monoisotopic (exact) mass is 248 g/mol. The van der Waals surface area contributed by atoms with Gasteiger partial charge in [0, 0.05) is 13.6 Å². The molecule has 4 nitrogen and oxygen atoms in total. The number of rotatable bonds is 5. The number of aryl methyl sites for hydroxylation is 1. The van der Waals surface area contributed by atoms with Crippen LogP contribution in [0.25, 0.3) is 0 Å². The van der Waals surface area contributed by atoms with Crippen LogP contribution in [-0.2, 0) is 6.42 Å². The number of nitrogens with zero attached hydrogens (tertiary/aromatic N) is 3. The maximum atomic E-state index is 4.27. The summed E-state index contributed by atoms with van der Waals surface area (Å²) < 4.78 is 0. The molecular formula is C14H24N4. The molecular weight excluding hydrogens is 224 g/mol. The lowest BCUT2D eigenvalue weighted by Crippen LogP contribution is -2.32. The molecule has 0 spiro atoms. The molecule has 0 radical (unpaired) electrons. The van der Waals surface area contributed by atoms with Crippen LogP contribution in [0.5, 0.6) is 0 Å². The second-order valence-electron chi connectivity index (χ2n) is 5.16. The number of nitrogens with one attached hydrogen (secondary N) is 1. The fourth-order valence-corrected chi connectivity index (χ4v) is 2.41. The Bertz CT molecular complexity index is 343. The summed E-state index contributed by atoms with van der Waals surface area (Å²) in [5.41, 5.74) is 1.06. The van der Waals surface area contributed by atoms with Crippen molar-refractivity contribution < 1.29 is 0 Å². The van der Waals surface area contributed by atoms with Crippen LogP contribution in [0.2, 0.25) is 0 Å². The van der Waals surface area contributed by atoms with Crippen LogP contribution < -0.4 is 10.2 Å². The zero-order valence-electron chi connectivity index (χ0n) is 11.5. The summed E-state index contributed by atoms with van der Waals surface area (Å²) >= 11 is 0. The Balaban J connectivity index is 1.80. The molecule has 1 aromatic heterocycles. The Kier molecular flexibility index (Phi) is 4.93. The maximum Gasteiger partial charge on any atom is 0.150 e. The second-order valence-corrected chi connectivity index (χ2v) is 5.16. The van der Waals surface area contributed by atoms with Crippen molar-refractivity contribution in [3.05, 3.63) is 17.8 Å². The first-order valence-electron chi connectivity index (χ1n) is 7.04. The number of hydrogen-bond donors (Lipinski definition) is 1. The summed E-state index contributed by atoms with van der Waals surface area (Å²) in [7, 11) is 2.10. The van der Waals surface area contributed by atoms with E-state index in [1.54, 1.807) is 0 Å². The molecule has 0 bridgehead atoms. The van der Waals surface area contributed by atoms with Gasteiger partial charge in [-0.1, -0.05) is 6.92 Å². The summed E-state index contributed by atoms with van der Waals surface area (Å²) in [5, 5.41) is 11.9. The predicted octanol–water partition coefficient (Wildman–Crippen LogP) is 1.86. The SMILES string of the molecule is CCc1ccc(N(C)CCC2CCCNC2)nn1. The van der Waals surface area contributed by atoms with Crippen molar-refractivity contribution in [2.75, 3.05) is 31.6 Å². The summed E-state index contributed by atoms with van der Waals surface area (Å²) in [6.45, 7) is 5.53. The van der Waals surface area contributed by atoms with E-state index in [9.17, 15) is 0 Å². The third-order valence-electron chi connectivity index (χ3n) is 3.73. The third-order valence-corrected chi connectivity index (χ3v) is 3.73. The molecule has 2 rings (SSSR count). The number of piperidine rings is 1. The fraction of sp³-hybridized carbons (Fsp3) is 0.714. The van der Waals surface area contributed by atoms with Gasteiger partial charge in [0.15, 0.2) is 5.82 Å². The van der Waals surface area contributed by atoms with Crippen LogP contribution in [0.4, 0.5) is 5.82 Å². The van der Waals surface area contributed by atoms with Crippen molar-refractivity contribution in [1.29, 1.82) is 0 Å². The highest BCUT2D eigenvalue weighted by molar-refractivity contribution is 5.35. The van der Waals surface area contributed by atoms with E-state index in [2.05, 4.69) is 46.5 Å². The summed E-state index contributed by atoms with van der Waals surface area (Å²) in [5.74, 6) is 1.81. The zero-order chi connectivity index (χ0) is 12.8. The molecule has 1 unspecified atom stereocenters. The fourth-order valence-electron chi connectivity index (χ4n) is 2.41. The van der Waals surface area contributed by atoms with Crippen LogP contribution in [0.1, 0.15) is 31.9 Å². The van der Waals surface area contributed by atoms with Crippen molar-refractivity contribution in [3.8, 4) is 0 Å². The first-order valence-corrected chi connectivity index (χ1v) is 7.04. The lowest BCUT2D eigenvalue weighted by atomic mass is 9.96. The number of hydrogen-bond acceptors (Lipinski definition) is 4. The topological polar surface area (TPSA) is 41.0 Å². The van der Waals surface area contributed by atoms with Gasteiger partial charge in [-0.2, -0.15) is 5.10 Å². The summed E-state index contributed by atoms with van der Waals surface area (Å²) in [6.07, 6.45) is 4.87. The van der Waals surface area contributed by atoms with E-state index in [0.29, 0.717) is 0 Å². The summed E-state index contributed by atoms with van der Waals surface area (Å²) in [4.78, 5) is 2.21. The quantitative estimate of drug-likeness (QED) is 0.863. The molecule has 4 heteroatoms. The van der Waals surface area contributed by atoms with E-state index in [1.807, 2.05) is 0 Å². The van der Waals surface area contributed by atoms with E-state index < -0.39 is 0 Å². The first kappa shape index (κ1) is 13.3. The second kappa shape index (κ2) is 6.69. The molecule has 1 aliphatic rings. The largest absolute Gasteiger partial charge is 0.358 e. The highest BCUT2D eigenvalue weighted by Crippen LogP contribution is 2.16. The molecule has 1 aromatic rings. The molecule has 1 N–H and O–H groups in total. The molecule has 0 aromatic carbocycles. The van der Waals surface area contributed by atoms with Crippen LogP contribution in [0.3, 0.4) is 0 Å². The zero-order valence-corrected chi connectivity index (χ0v) is 11.5. The standard InChI is InChI=1S/C14H24N4/c1-3-13-6-7-14(17-16-13)18(2)10-8-12-5-4-9-15-11-12/h6-7,12,15H,3-5,8-11H2,1-2H3. The maximum absolute atomic E-state index is 4.27. The Morgan fingerprint density at radius 3 is 2.89 bits per heavy atom. The van der Waals surface area contributed by atoms with Gasteiger partial charge in [-0.05, 0) is 56.8 Å². The molecule has 1 fully saturated rings. The Hall–Kier alpha value is -1.16. The third kappa shape index (κ3) is 3.67. The minimum absolute atomic E-state index is 0.823. The van der Waals surface area contributed by atoms with Gasteiger partial charge in [0.1, 0.15) is 0 Å². The number of aromatic nitrogens is 2. The van der Waals surface area contributed by atoms with Gasteiger partial charge >= 0.3 is 0 Å².